The highest BCUT2D eigenvalue weighted by Gasteiger charge is 2.15. The van der Waals surface area contributed by atoms with E-state index < -0.39 is 0 Å². The first-order chi connectivity index (χ1) is 8.97. The molecule has 2 aromatic rings. The summed E-state index contributed by atoms with van der Waals surface area (Å²) in [6.45, 7) is 4.47. The number of hydrogen-bond acceptors (Lipinski definition) is 2. The SMILES string of the molecule is CC(C)Cc1cccc(C(N)c2cc(Br)sc2Br)c1. The quantitative estimate of drug-likeness (QED) is 0.715. The number of hydrogen-bond donors (Lipinski definition) is 1. The van der Waals surface area contributed by atoms with Crippen molar-refractivity contribution in [2.24, 2.45) is 11.7 Å². The van der Waals surface area contributed by atoms with E-state index in [0.29, 0.717) is 5.92 Å². The lowest BCUT2D eigenvalue weighted by Crippen LogP contribution is -2.12. The van der Waals surface area contributed by atoms with E-state index in [4.69, 9.17) is 5.73 Å². The largest absolute Gasteiger partial charge is 0.320 e. The van der Waals surface area contributed by atoms with E-state index in [-0.39, 0.29) is 6.04 Å². The molecule has 1 aromatic carbocycles. The molecule has 0 saturated carbocycles. The average Bonchev–Trinajstić information content (AvgIpc) is 2.67. The van der Waals surface area contributed by atoms with Gasteiger partial charge in [-0.05, 0) is 67.0 Å². The van der Waals surface area contributed by atoms with Crippen molar-refractivity contribution in [3.8, 4) is 0 Å². The third-order valence-electron chi connectivity index (χ3n) is 2.97. The van der Waals surface area contributed by atoms with Crippen LogP contribution in [0.25, 0.3) is 0 Å². The predicted octanol–water partition coefficient (Wildman–Crippen LogP) is 5.52. The molecule has 0 bridgehead atoms. The van der Waals surface area contributed by atoms with Gasteiger partial charge in [0.05, 0.1) is 13.6 Å². The van der Waals surface area contributed by atoms with Gasteiger partial charge in [-0.2, -0.15) is 0 Å². The summed E-state index contributed by atoms with van der Waals surface area (Å²) in [4.78, 5) is 0. The summed E-state index contributed by atoms with van der Waals surface area (Å²) in [5.41, 5.74) is 10.0. The van der Waals surface area contributed by atoms with E-state index >= 15 is 0 Å². The molecule has 0 aliphatic heterocycles. The van der Waals surface area contributed by atoms with Gasteiger partial charge in [0.25, 0.3) is 0 Å². The molecular formula is C15H17Br2NS. The Morgan fingerprint density at radius 1 is 1.21 bits per heavy atom. The minimum atomic E-state index is -0.0796. The smallest absolute Gasteiger partial charge is 0.0761 e. The topological polar surface area (TPSA) is 26.0 Å². The molecule has 0 aliphatic carbocycles. The van der Waals surface area contributed by atoms with E-state index in [0.717, 1.165) is 19.6 Å². The summed E-state index contributed by atoms with van der Waals surface area (Å²) in [6.07, 6.45) is 1.09. The van der Waals surface area contributed by atoms with Crippen molar-refractivity contribution in [3.05, 3.63) is 54.6 Å². The Morgan fingerprint density at radius 3 is 2.53 bits per heavy atom. The molecule has 102 valence electrons. The number of benzene rings is 1. The lowest BCUT2D eigenvalue weighted by atomic mass is 9.96. The molecule has 2 rings (SSSR count). The van der Waals surface area contributed by atoms with Crippen molar-refractivity contribution < 1.29 is 0 Å². The molecule has 0 spiro atoms. The van der Waals surface area contributed by atoms with Gasteiger partial charge < -0.3 is 5.73 Å². The molecule has 1 nitrogen and oxygen atoms in total. The summed E-state index contributed by atoms with van der Waals surface area (Å²) in [5.74, 6) is 0.661. The molecule has 0 amide bonds. The van der Waals surface area contributed by atoms with Crippen LogP contribution in [0.15, 0.2) is 37.9 Å². The van der Waals surface area contributed by atoms with Crippen LogP contribution in [-0.2, 0) is 6.42 Å². The van der Waals surface area contributed by atoms with Gasteiger partial charge in [-0.15, -0.1) is 11.3 Å². The van der Waals surface area contributed by atoms with Crippen LogP contribution in [0.5, 0.6) is 0 Å². The molecule has 2 N–H and O–H groups in total. The maximum absolute atomic E-state index is 6.39. The fraction of sp³-hybridized carbons (Fsp3) is 0.333. The molecule has 1 heterocycles. The zero-order valence-electron chi connectivity index (χ0n) is 11.0. The summed E-state index contributed by atoms with van der Waals surface area (Å²) in [5, 5.41) is 0. The van der Waals surface area contributed by atoms with Gasteiger partial charge >= 0.3 is 0 Å². The van der Waals surface area contributed by atoms with E-state index in [9.17, 15) is 0 Å². The summed E-state index contributed by atoms with van der Waals surface area (Å²) < 4.78 is 2.20. The van der Waals surface area contributed by atoms with Crippen molar-refractivity contribution in [3.63, 3.8) is 0 Å². The highest BCUT2D eigenvalue weighted by atomic mass is 79.9. The molecular weight excluding hydrogens is 386 g/mol. The Kier molecular flexibility index (Phi) is 5.23. The van der Waals surface area contributed by atoms with Crippen LogP contribution in [0.2, 0.25) is 0 Å². The lowest BCUT2D eigenvalue weighted by Gasteiger charge is -2.14. The summed E-state index contributed by atoms with van der Waals surface area (Å²) in [7, 11) is 0. The standard InChI is InChI=1S/C15H17Br2NS/c1-9(2)6-10-4-3-5-11(7-10)14(18)12-8-13(16)19-15(12)17/h3-5,7-9,14H,6,18H2,1-2H3. The Balaban J connectivity index is 2.28. The van der Waals surface area contributed by atoms with Gasteiger partial charge in [-0.3, -0.25) is 0 Å². The number of thiophene rings is 1. The number of rotatable bonds is 4. The molecule has 0 saturated heterocycles. The maximum atomic E-state index is 6.39. The van der Waals surface area contributed by atoms with Gasteiger partial charge in [0, 0.05) is 0 Å². The molecule has 1 atom stereocenters. The lowest BCUT2D eigenvalue weighted by molar-refractivity contribution is 0.646. The summed E-state index contributed by atoms with van der Waals surface area (Å²) in [6, 6.07) is 10.6. The predicted molar refractivity (Wildman–Crippen MR) is 90.7 cm³/mol. The first kappa shape index (κ1) is 15.2. The van der Waals surface area contributed by atoms with Crippen LogP contribution in [0.1, 0.15) is 36.6 Å². The van der Waals surface area contributed by atoms with Crippen molar-refractivity contribution in [2.75, 3.05) is 0 Å². The molecule has 1 unspecified atom stereocenters. The van der Waals surface area contributed by atoms with E-state index in [1.54, 1.807) is 11.3 Å². The van der Waals surface area contributed by atoms with Crippen molar-refractivity contribution in [1.29, 1.82) is 0 Å². The monoisotopic (exact) mass is 401 g/mol. The van der Waals surface area contributed by atoms with Crippen molar-refractivity contribution in [1.82, 2.24) is 0 Å². The minimum absolute atomic E-state index is 0.0796. The first-order valence-electron chi connectivity index (χ1n) is 6.26. The minimum Gasteiger partial charge on any atom is -0.320 e. The van der Waals surface area contributed by atoms with Gasteiger partial charge in [0.1, 0.15) is 0 Å². The fourth-order valence-corrected chi connectivity index (χ4v) is 5.06. The molecule has 0 aliphatic rings. The fourth-order valence-electron chi connectivity index (χ4n) is 2.13. The molecule has 4 heteroatoms. The van der Waals surface area contributed by atoms with E-state index in [1.165, 1.54) is 11.1 Å². The average molecular weight is 403 g/mol. The third kappa shape index (κ3) is 3.91. The highest BCUT2D eigenvalue weighted by molar-refractivity contribution is 9.12. The Labute approximate surface area is 135 Å². The number of nitrogens with two attached hydrogens (primary N) is 1. The third-order valence-corrected chi connectivity index (χ3v) is 5.36. The van der Waals surface area contributed by atoms with E-state index in [2.05, 4.69) is 76.0 Å². The van der Waals surface area contributed by atoms with Crippen molar-refractivity contribution >= 4 is 43.2 Å². The Hall–Kier alpha value is -0.160. The zero-order valence-corrected chi connectivity index (χ0v) is 15.0. The van der Waals surface area contributed by atoms with Gasteiger partial charge in [-0.25, -0.2) is 0 Å². The highest BCUT2D eigenvalue weighted by Crippen LogP contribution is 2.37. The van der Waals surface area contributed by atoms with E-state index in [1.807, 2.05) is 0 Å². The summed E-state index contributed by atoms with van der Waals surface area (Å²) >= 11 is 8.75. The second-order valence-electron chi connectivity index (χ2n) is 5.10. The Bertz CT molecular complexity index is 563. The van der Waals surface area contributed by atoms with Gasteiger partial charge in [-0.1, -0.05) is 38.1 Å². The van der Waals surface area contributed by atoms with Crippen LogP contribution in [0.3, 0.4) is 0 Å². The van der Waals surface area contributed by atoms with Crippen LogP contribution < -0.4 is 5.73 Å². The van der Waals surface area contributed by atoms with Gasteiger partial charge in [0.2, 0.25) is 0 Å². The van der Waals surface area contributed by atoms with Crippen LogP contribution >= 0.6 is 43.2 Å². The first-order valence-corrected chi connectivity index (χ1v) is 8.66. The van der Waals surface area contributed by atoms with Crippen LogP contribution in [0.4, 0.5) is 0 Å². The maximum Gasteiger partial charge on any atom is 0.0761 e. The molecule has 1 aromatic heterocycles. The molecule has 0 radical (unpaired) electrons. The molecule has 0 fully saturated rings. The van der Waals surface area contributed by atoms with Crippen LogP contribution in [-0.4, -0.2) is 0 Å². The normalized spacial score (nSPS) is 12.9. The molecule has 19 heavy (non-hydrogen) atoms. The Morgan fingerprint density at radius 2 is 1.95 bits per heavy atom. The van der Waals surface area contributed by atoms with Crippen molar-refractivity contribution in [2.45, 2.75) is 26.3 Å². The van der Waals surface area contributed by atoms with Crippen LogP contribution in [0, 0.1) is 5.92 Å². The second kappa shape index (κ2) is 6.53. The number of halogens is 2. The van der Waals surface area contributed by atoms with Gasteiger partial charge in [0.15, 0.2) is 0 Å². The zero-order chi connectivity index (χ0) is 14.0. The second-order valence-corrected chi connectivity index (χ2v) is 8.85.